The van der Waals surface area contributed by atoms with Gasteiger partial charge in [-0.3, -0.25) is 0 Å². The van der Waals surface area contributed by atoms with Gasteiger partial charge in [-0.25, -0.2) is 0 Å². The van der Waals surface area contributed by atoms with E-state index in [1.807, 2.05) is 0 Å². The summed E-state index contributed by atoms with van der Waals surface area (Å²) in [6, 6.07) is 84.6. The summed E-state index contributed by atoms with van der Waals surface area (Å²) in [4.78, 5) is 2.44. The van der Waals surface area contributed by atoms with E-state index in [0.29, 0.717) is 0 Å². The lowest BCUT2D eigenvalue weighted by molar-refractivity contribution is 1.18. The van der Waals surface area contributed by atoms with Gasteiger partial charge in [0.2, 0.25) is 0 Å². The summed E-state index contributed by atoms with van der Waals surface area (Å²) in [5.41, 5.74) is 16.6. The van der Waals surface area contributed by atoms with Crippen LogP contribution in [0.3, 0.4) is 0 Å². The number of aryl methyl sites for hydroxylation is 2. The average Bonchev–Trinajstić information content (AvgIpc) is 3.69. The maximum absolute atomic E-state index is 2.44. The Bertz CT molecular complexity index is 3660. The normalized spacial score (nSPS) is 11.6. The van der Waals surface area contributed by atoms with Crippen LogP contribution < -0.4 is 4.90 Å². The largest absolute Gasteiger partial charge is 0.310 e. The van der Waals surface area contributed by atoms with Crippen LogP contribution in [0.1, 0.15) is 11.1 Å². The van der Waals surface area contributed by atoms with Gasteiger partial charge in [-0.2, -0.15) is 0 Å². The molecule has 0 aliphatic heterocycles. The Morgan fingerprint density at radius 3 is 1.48 bits per heavy atom. The van der Waals surface area contributed by atoms with E-state index >= 15 is 0 Å². The molecule has 12 aromatic rings. The van der Waals surface area contributed by atoms with Crippen LogP contribution in [-0.4, -0.2) is 4.57 Å². The first kappa shape index (κ1) is 37.6. The molecule has 64 heavy (non-hydrogen) atoms. The molecule has 0 saturated carbocycles. The zero-order valence-electron chi connectivity index (χ0n) is 35.8. The van der Waals surface area contributed by atoms with Crippen LogP contribution >= 0.6 is 0 Å². The number of rotatable bonds is 7. The predicted molar refractivity (Wildman–Crippen MR) is 274 cm³/mol. The number of fused-ring (bicyclic) bond motifs is 6. The first-order chi connectivity index (χ1) is 31.5. The monoisotopic (exact) mass is 816 g/mol. The van der Waals surface area contributed by atoms with Crippen molar-refractivity contribution in [1.29, 1.82) is 0 Å². The second kappa shape index (κ2) is 15.3. The van der Waals surface area contributed by atoms with Crippen molar-refractivity contribution in [2.75, 3.05) is 4.90 Å². The van der Waals surface area contributed by atoms with Gasteiger partial charge >= 0.3 is 0 Å². The fraction of sp³-hybridized carbons (Fsp3) is 0.0323. The predicted octanol–water partition coefficient (Wildman–Crippen LogP) is 17.3. The highest BCUT2D eigenvalue weighted by atomic mass is 15.1. The van der Waals surface area contributed by atoms with E-state index in [-0.39, 0.29) is 0 Å². The molecule has 2 nitrogen and oxygen atoms in total. The molecule has 12 rings (SSSR count). The van der Waals surface area contributed by atoms with E-state index in [1.165, 1.54) is 104 Å². The van der Waals surface area contributed by atoms with Crippen molar-refractivity contribution in [2.45, 2.75) is 13.8 Å². The summed E-state index contributed by atoms with van der Waals surface area (Å²) < 4.78 is 2.40. The zero-order valence-corrected chi connectivity index (χ0v) is 35.8. The minimum absolute atomic E-state index is 1.11. The van der Waals surface area contributed by atoms with E-state index in [1.54, 1.807) is 0 Å². The van der Waals surface area contributed by atoms with E-state index in [4.69, 9.17) is 0 Å². The van der Waals surface area contributed by atoms with Crippen molar-refractivity contribution in [3.63, 3.8) is 0 Å². The van der Waals surface area contributed by atoms with Gasteiger partial charge in [-0.1, -0.05) is 152 Å². The van der Waals surface area contributed by atoms with Crippen molar-refractivity contribution < 1.29 is 0 Å². The number of benzene rings is 11. The highest BCUT2D eigenvalue weighted by Gasteiger charge is 2.20. The van der Waals surface area contributed by atoms with Crippen molar-refractivity contribution in [3.8, 4) is 39.1 Å². The van der Waals surface area contributed by atoms with Crippen LogP contribution in [0.25, 0.3) is 93.2 Å². The number of hydrogen-bond acceptors (Lipinski definition) is 1. The minimum Gasteiger partial charge on any atom is -0.310 e. The first-order valence-corrected chi connectivity index (χ1v) is 22.2. The Kier molecular flexibility index (Phi) is 8.98. The van der Waals surface area contributed by atoms with Crippen LogP contribution in [0, 0.1) is 13.8 Å². The molecule has 0 N–H and O–H groups in total. The summed E-state index contributed by atoms with van der Waals surface area (Å²) in [5, 5.41) is 10.1. The summed E-state index contributed by atoms with van der Waals surface area (Å²) in [7, 11) is 0. The highest BCUT2D eigenvalue weighted by molar-refractivity contribution is 6.09. The third kappa shape index (κ3) is 6.42. The summed E-state index contributed by atoms with van der Waals surface area (Å²) in [6.45, 7) is 4.51. The molecular formula is C62H44N2. The SMILES string of the molecule is Cc1cc(-c2cccc(-n3c4ccccc4c4ccccc43)c2)cc(C)c1N(c1ccc(-c2ccc3cc4ccccc4cc3c2)cc1)c1ccc(-c2cccc3ccccc23)cc1. The van der Waals surface area contributed by atoms with Gasteiger partial charge in [-0.15, -0.1) is 0 Å². The first-order valence-electron chi connectivity index (χ1n) is 22.2. The molecule has 1 heterocycles. The summed E-state index contributed by atoms with van der Waals surface area (Å²) in [5.74, 6) is 0. The second-order valence-corrected chi connectivity index (χ2v) is 17.1. The van der Waals surface area contributed by atoms with Gasteiger partial charge in [0.1, 0.15) is 0 Å². The van der Waals surface area contributed by atoms with Crippen LogP contribution in [0.2, 0.25) is 0 Å². The number of nitrogens with zero attached hydrogens (tertiary/aromatic N) is 2. The van der Waals surface area contributed by atoms with Crippen LogP contribution in [0.4, 0.5) is 17.1 Å². The molecule has 11 aromatic carbocycles. The fourth-order valence-corrected chi connectivity index (χ4v) is 10.1. The van der Waals surface area contributed by atoms with E-state index < -0.39 is 0 Å². The molecule has 302 valence electrons. The number of anilines is 3. The molecule has 2 heteroatoms. The molecule has 0 unspecified atom stereocenters. The zero-order chi connectivity index (χ0) is 42.7. The lowest BCUT2D eigenvalue weighted by Gasteiger charge is -2.29. The molecule has 0 saturated heterocycles. The fourth-order valence-electron chi connectivity index (χ4n) is 10.1. The molecule has 1 aromatic heterocycles. The minimum atomic E-state index is 1.11. The third-order valence-corrected chi connectivity index (χ3v) is 13.1. The lowest BCUT2D eigenvalue weighted by atomic mass is 9.96. The standard InChI is InChI=1S/C62H44N2/c1-41-35-51(48-17-11-18-55(40-48)64-60-23-9-7-20-58(60)59-21-8-10-24-61(59)64)36-42(2)62(41)63(54-33-29-45(30-34-54)57-22-12-16-44-13-5-6-19-56(44)57)53-31-27-43(28-32-53)49-25-26-50-37-46-14-3-4-15-47(46)38-52(50)39-49/h3-40H,1-2H3. The van der Waals surface area contributed by atoms with Crippen LogP contribution in [0.5, 0.6) is 0 Å². The van der Waals surface area contributed by atoms with Crippen molar-refractivity contribution in [3.05, 3.63) is 242 Å². The molecule has 0 aliphatic carbocycles. The van der Waals surface area contributed by atoms with Gasteiger partial charge in [0.05, 0.1) is 16.7 Å². The maximum atomic E-state index is 2.44. The quantitative estimate of drug-likeness (QED) is 0.146. The number of aromatic nitrogens is 1. The molecule has 0 radical (unpaired) electrons. The van der Waals surface area contributed by atoms with Crippen LogP contribution in [0.15, 0.2) is 231 Å². The van der Waals surface area contributed by atoms with Crippen molar-refractivity contribution in [1.82, 2.24) is 4.57 Å². The van der Waals surface area contributed by atoms with Gasteiger partial charge < -0.3 is 9.47 Å². The highest BCUT2D eigenvalue weighted by Crippen LogP contribution is 2.43. The molecule has 0 bridgehead atoms. The Hall–Kier alpha value is -8.20. The average molecular weight is 817 g/mol. The van der Waals surface area contributed by atoms with E-state index in [2.05, 4.69) is 254 Å². The van der Waals surface area contributed by atoms with E-state index in [9.17, 15) is 0 Å². The third-order valence-electron chi connectivity index (χ3n) is 13.1. The molecule has 0 atom stereocenters. The van der Waals surface area contributed by atoms with Crippen molar-refractivity contribution in [2.24, 2.45) is 0 Å². The van der Waals surface area contributed by atoms with Gasteiger partial charge in [0.15, 0.2) is 0 Å². The van der Waals surface area contributed by atoms with E-state index in [0.717, 1.165) is 17.1 Å². The molecule has 0 spiro atoms. The Balaban J connectivity index is 0.952. The topological polar surface area (TPSA) is 8.17 Å². The van der Waals surface area contributed by atoms with Crippen molar-refractivity contribution >= 4 is 71.2 Å². The number of para-hydroxylation sites is 2. The Morgan fingerprint density at radius 2 is 0.812 bits per heavy atom. The lowest BCUT2D eigenvalue weighted by Crippen LogP contribution is -2.13. The van der Waals surface area contributed by atoms with Gasteiger partial charge in [0, 0.05) is 27.8 Å². The van der Waals surface area contributed by atoms with Crippen LogP contribution in [-0.2, 0) is 0 Å². The number of hydrogen-bond donors (Lipinski definition) is 0. The molecule has 0 aliphatic rings. The maximum Gasteiger partial charge on any atom is 0.0541 e. The molecule has 0 fully saturated rings. The summed E-state index contributed by atoms with van der Waals surface area (Å²) >= 11 is 0. The Labute approximate surface area is 373 Å². The second-order valence-electron chi connectivity index (χ2n) is 17.1. The smallest absolute Gasteiger partial charge is 0.0541 e. The molecular weight excluding hydrogens is 773 g/mol. The Morgan fingerprint density at radius 1 is 0.312 bits per heavy atom. The van der Waals surface area contributed by atoms with Gasteiger partial charge in [0.25, 0.3) is 0 Å². The van der Waals surface area contributed by atoms with Gasteiger partial charge in [-0.05, 0) is 170 Å². The molecule has 0 amide bonds. The summed E-state index contributed by atoms with van der Waals surface area (Å²) in [6.07, 6.45) is 0.